The van der Waals surface area contributed by atoms with Gasteiger partial charge >= 0.3 is 21.1 Å². The topological polar surface area (TPSA) is 55.4 Å². The summed E-state index contributed by atoms with van der Waals surface area (Å²) in [5, 5.41) is 0. The van der Waals surface area contributed by atoms with Crippen LogP contribution in [0.2, 0.25) is 0 Å². The molecular weight excluding hydrogens is 1240 g/mol. The molecule has 6 aromatic rings. The van der Waals surface area contributed by atoms with Gasteiger partial charge in [-0.3, -0.25) is 0 Å². The quantitative estimate of drug-likeness (QED) is 0.155. The Labute approximate surface area is 595 Å². The summed E-state index contributed by atoms with van der Waals surface area (Å²) in [7, 11) is -1.36. The van der Waals surface area contributed by atoms with Crippen LogP contribution < -0.4 is 5.46 Å². The maximum atomic E-state index is 6.55. The summed E-state index contributed by atoms with van der Waals surface area (Å²) in [4.78, 5) is 0. The fourth-order valence-corrected chi connectivity index (χ4v) is 12.2. The van der Waals surface area contributed by atoms with Gasteiger partial charge in [0.1, 0.15) is 0 Å². The van der Waals surface area contributed by atoms with Crippen molar-refractivity contribution in [2.75, 3.05) is 0 Å². The molecule has 0 saturated carbocycles. The van der Waals surface area contributed by atoms with Gasteiger partial charge in [0, 0.05) is 4.47 Å². The standard InChI is InChI=1S/C40H57BO2.C34H45Br.C12H24B2O4/c1-35(2,3)30-18-26(28-20-31(36(4,5)6)24-32(21-28)37(7,8)9)17-27(19-30)29-22-33(38(10,11)12)25-34(23-29)41-42-39(13,14)40(15,16)43-41;1-31(2,3)26-14-22(24-16-27(32(4,5)6)20-28(17-24)33(7,8)9)13-23(15-26)25-18-29(34(10,11)12)21-30(35)19-25;1-9(2)10(3,4)16-13(15-9)14-17-11(5,6)12(7,8)18-14/h17-25H,1-16H3;13-21H,1-12H3;1-8H3. The zero-order valence-corrected chi connectivity index (χ0v) is 68.5. The van der Waals surface area contributed by atoms with Gasteiger partial charge in [-0.2, -0.15) is 0 Å². The van der Waals surface area contributed by atoms with Crippen LogP contribution in [0.3, 0.4) is 0 Å². The van der Waals surface area contributed by atoms with Crippen molar-refractivity contribution in [3.63, 3.8) is 0 Å². The SMILES string of the molecule is CC(C)(C)c1cc(B2OC(C)(C)C(C)(C)O2)cc(-c2cc(-c3cc(C(C)(C)C)cc(C(C)(C)C)c3)cc(C(C)(C)C)c2)c1.CC(C)(C)c1cc(Br)cc(-c2cc(-c3cc(C(C)(C)C)cc(C(C)(C)C)c3)cc(C(C)(C)C)c2)c1.CC1(C)OB(B2OC(C)(C)C(C)(C)O2)OC1(C)C. The van der Waals surface area contributed by atoms with Crippen molar-refractivity contribution in [3.05, 3.63) is 158 Å². The van der Waals surface area contributed by atoms with Crippen LogP contribution in [0.1, 0.15) is 294 Å². The highest BCUT2D eigenvalue weighted by atomic mass is 79.9. The Hall–Kier alpha value is -4.25. The Morgan fingerprint density at radius 1 is 0.219 bits per heavy atom. The van der Waals surface area contributed by atoms with Crippen molar-refractivity contribution in [2.24, 2.45) is 0 Å². The molecule has 0 radical (unpaired) electrons. The minimum atomic E-state index is -0.476. The fourth-order valence-electron chi connectivity index (χ4n) is 11.7. The molecule has 3 aliphatic heterocycles. The average Bonchev–Trinajstić information content (AvgIpc) is 1.52. The van der Waals surface area contributed by atoms with E-state index < -0.39 is 32.3 Å². The Bertz CT molecular complexity index is 3640. The van der Waals surface area contributed by atoms with E-state index in [1.165, 1.54) is 89.0 Å². The van der Waals surface area contributed by atoms with E-state index >= 15 is 0 Å². The zero-order chi connectivity index (χ0) is 73.1. The molecule has 0 bridgehead atoms. The van der Waals surface area contributed by atoms with Crippen LogP contribution >= 0.6 is 15.9 Å². The maximum absolute atomic E-state index is 6.55. The van der Waals surface area contributed by atoms with E-state index in [1.54, 1.807) is 0 Å². The van der Waals surface area contributed by atoms with Crippen LogP contribution in [0.15, 0.2) is 114 Å². The first-order valence-corrected chi connectivity index (χ1v) is 36.4. The highest BCUT2D eigenvalue weighted by molar-refractivity contribution is 9.10. The second-order valence-corrected chi connectivity index (χ2v) is 40.5. The minimum absolute atomic E-state index is 0.00452. The highest BCUT2D eigenvalue weighted by Crippen LogP contribution is 2.46. The van der Waals surface area contributed by atoms with Gasteiger partial charge in [0.2, 0.25) is 0 Å². The lowest BCUT2D eigenvalue weighted by atomic mass is 9.49. The molecule has 10 heteroatoms. The van der Waals surface area contributed by atoms with Crippen molar-refractivity contribution in [3.8, 4) is 44.5 Å². The van der Waals surface area contributed by atoms with Gasteiger partial charge in [-0.15, -0.1) is 0 Å². The van der Waals surface area contributed by atoms with Gasteiger partial charge in [-0.05, 0) is 245 Å². The third kappa shape index (κ3) is 18.3. The molecule has 6 aromatic carbocycles. The van der Waals surface area contributed by atoms with Crippen molar-refractivity contribution >= 4 is 42.5 Å². The lowest BCUT2D eigenvalue weighted by Gasteiger charge is -2.32. The molecule has 3 saturated heterocycles. The summed E-state index contributed by atoms with van der Waals surface area (Å²) in [5.74, 6) is 0. The first kappa shape index (κ1) is 79.1. The predicted molar refractivity (Wildman–Crippen MR) is 420 cm³/mol. The number of hydrogen-bond acceptors (Lipinski definition) is 6. The molecule has 522 valence electrons. The van der Waals surface area contributed by atoms with Gasteiger partial charge in [-0.25, -0.2) is 0 Å². The zero-order valence-electron chi connectivity index (χ0n) is 67.0. The van der Waals surface area contributed by atoms with E-state index in [0.717, 1.165) is 9.94 Å². The Morgan fingerprint density at radius 3 is 0.635 bits per heavy atom. The highest BCUT2D eigenvalue weighted by Gasteiger charge is 2.64. The van der Waals surface area contributed by atoms with E-state index in [-0.39, 0.29) is 65.7 Å². The molecule has 0 spiro atoms. The number of benzene rings is 6. The molecule has 3 heterocycles. The van der Waals surface area contributed by atoms with Crippen LogP contribution in [0.4, 0.5) is 0 Å². The van der Waals surface area contributed by atoms with Gasteiger partial charge in [0.25, 0.3) is 0 Å². The smallest absolute Gasteiger partial charge is 0.405 e. The molecule has 0 amide bonds. The molecule has 0 aliphatic carbocycles. The Kier molecular flexibility index (Phi) is 21.7. The summed E-state index contributed by atoms with van der Waals surface area (Å²) in [6, 6.07) is 42.6. The van der Waals surface area contributed by atoms with Crippen LogP contribution in [-0.4, -0.2) is 54.7 Å². The summed E-state index contributed by atoms with van der Waals surface area (Å²) in [6.07, 6.45) is 0. The van der Waals surface area contributed by atoms with E-state index in [0.29, 0.717) is 0 Å². The lowest BCUT2D eigenvalue weighted by molar-refractivity contribution is 0.00578. The lowest BCUT2D eigenvalue weighted by Crippen LogP contribution is -2.41. The van der Waals surface area contributed by atoms with E-state index in [4.69, 9.17) is 27.9 Å². The maximum Gasteiger partial charge on any atom is 0.494 e. The molecule has 0 aromatic heterocycles. The summed E-state index contributed by atoms with van der Waals surface area (Å²) < 4.78 is 38.1. The molecule has 0 unspecified atom stereocenters. The van der Waals surface area contributed by atoms with Crippen LogP contribution in [0.25, 0.3) is 44.5 Å². The minimum Gasteiger partial charge on any atom is -0.405 e. The second-order valence-electron chi connectivity index (χ2n) is 39.6. The molecule has 0 N–H and O–H groups in total. The molecule has 9 rings (SSSR count). The van der Waals surface area contributed by atoms with Crippen LogP contribution in [-0.2, 0) is 71.2 Å². The third-order valence-corrected chi connectivity index (χ3v) is 21.6. The van der Waals surface area contributed by atoms with Crippen molar-refractivity contribution < 1.29 is 27.9 Å². The van der Waals surface area contributed by atoms with Crippen molar-refractivity contribution in [1.29, 1.82) is 0 Å². The first-order valence-electron chi connectivity index (χ1n) is 35.6. The summed E-state index contributed by atoms with van der Waals surface area (Å²) in [6.45, 7) is 80.0. The van der Waals surface area contributed by atoms with Crippen LogP contribution in [0, 0.1) is 0 Å². The Morgan fingerprint density at radius 2 is 0.396 bits per heavy atom. The summed E-state index contributed by atoms with van der Waals surface area (Å²) in [5.41, 5.74) is 20.2. The fraction of sp³-hybridized carbons (Fsp3) is 0.581. The summed E-state index contributed by atoms with van der Waals surface area (Å²) >= 11 is 3.79. The van der Waals surface area contributed by atoms with Gasteiger partial charge < -0.3 is 27.9 Å². The first-order chi connectivity index (χ1) is 42.9. The van der Waals surface area contributed by atoms with Gasteiger partial charge in [0.05, 0.1) is 33.6 Å². The Balaban J connectivity index is 0.000000219. The molecule has 0 atom stereocenters. The molecule has 3 aliphatic rings. The van der Waals surface area contributed by atoms with Gasteiger partial charge in [0.15, 0.2) is 0 Å². The largest absolute Gasteiger partial charge is 0.494 e. The monoisotopic (exact) mass is 1370 g/mol. The predicted octanol–water partition coefficient (Wildman–Crippen LogP) is 23.7. The van der Waals surface area contributed by atoms with E-state index in [2.05, 4.69) is 319 Å². The normalized spacial score (nSPS) is 18.7. The van der Waals surface area contributed by atoms with Gasteiger partial charge in [-0.1, -0.05) is 267 Å². The van der Waals surface area contributed by atoms with Crippen molar-refractivity contribution in [2.45, 2.75) is 326 Å². The molecule has 96 heavy (non-hydrogen) atoms. The molecule has 3 fully saturated rings. The second kappa shape index (κ2) is 26.3. The number of hydrogen-bond donors (Lipinski definition) is 0. The van der Waals surface area contributed by atoms with E-state index in [1.807, 2.05) is 55.4 Å². The molecule has 6 nitrogen and oxygen atoms in total. The number of rotatable bonds is 6. The van der Waals surface area contributed by atoms with E-state index in [9.17, 15) is 0 Å². The average molecular weight is 1370 g/mol. The molecular formula is C86H126B3BrO6. The third-order valence-electron chi connectivity index (χ3n) is 21.1. The van der Waals surface area contributed by atoms with Crippen LogP contribution in [0.5, 0.6) is 0 Å². The number of halogens is 1. The van der Waals surface area contributed by atoms with Crippen molar-refractivity contribution in [1.82, 2.24) is 0 Å².